The molecule has 1 aromatic carbocycles. The van der Waals surface area contributed by atoms with Gasteiger partial charge in [-0.25, -0.2) is 4.79 Å². The summed E-state index contributed by atoms with van der Waals surface area (Å²) < 4.78 is 5.38. The van der Waals surface area contributed by atoms with E-state index in [4.69, 9.17) is 20.7 Å². The van der Waals surface area contributed by atoms with E-state index in [1.54, 1.807) is 6.07 Å². The number of benzene rings is 1. The predicted octanol–water partition coefficient (Wildman–Crippen LogP) is 0.809. The number of hydrogen-bond donors (Lipinski definition) is 3. The van der Waals surface area contributed by atoms with Crippen LogP contribution in [-0.4, -0.2) is 34.3 Å². The van der Waals surface area contributed by atoms with E-state index >= 15 is 0 Å². The zero-order valence-electron chi connectivity index (χ0n) is 10.9. The fraction of sp³-hybridized carbons (Fsp3) is 0.429. The first-order valence-corrected chi connectivity index (χ1v) is 6.47. The Bertz CT molecular complexity index is 528. The molecule has 0 amide bonds. The maximum absolute atomic E-state index is 11.1. The number of rotatable bonds is 6. The van der Waals surface area contributed by atoms with Gasteiger partial charge in [0.05, 0.1) is 0 Å². The largest absolute Gasteiger partial charge is 0.480 e. The number of ether oxygens (including phenoxy) is 1. The standard InChI is InChI=1S/C14H17NO5/c15-11(13(16)17)7-12(14(18)19)20-10-5-4-8-2-1-3-9(8)6-10/h4-6,11-12H,1-3,7,15H2,(H,16,17)(H,18,19)/t11-,12?/m0/s1. The molecule has 1 unspecified atom stereocenters. The second-order valence-corrected chi connectivity index (χ2v) is 4.91. The highest BCUT2D eigenvalue weighted by molar-refractivity contribution is 5.77. The molecule has 20 heavy (non-hydrogen) atoms. The third-order valence-corrected chi connectivity index (χ3v) is 3.41. The molecule has 1 aliphatic carbocycles. The van der Waals surface area contributed by atoms with Crippen molar-refractivity contribution in [2.45, 2.75) is 37.8 Å². The molecule has 6 nitrogen and oxygen atoms in total. The number of nitrogens with two attached hydrogens (primary N) is 1. The van der Waals surface area contributed by atoms with Gasteiger partial charge in [-0.15, -0.1) is 0 Å². The molecule has 2 atom stereocenters. The van der Waals surface area contributed by atoms with Gasteiger partial charge >= 0.3 is 11.9 Å². The summed E-state index contributed by atoms with van der Waals surface area (Å²) in [5.41, 5.74) is 7.77. The normalized spacial score (nSPS) is 16.2. The smallest absolute Gasteiger partial charge is 0.344 e. The van der Waals surface area contributed by atoms with Crippen molar-refractivity contribution in [1.82, 2.24) is 0 Å². The third kappa shape index (κ3) is 3.27. The summed E-state index contributed by atoms with van der Waals surface area (Å²) in [5, 5.41) is 17.8. The summed E-state index contributed by atoms with van der Waals surface area (Å²) in [5.74, 6) is -2.02. The second kappa shape index (κ2) is 5.92. The maximum Gasteiger partial charge on any atom is 0.344 e. The lowest BCUT2D eigenvalue weighted by Crippen LogP contribution is -2.39. The second-order valence-electron chi connectivity index (χ2n) is 4.91. The zero-order valence-corrected chi connectivity index (χ0v) is 10.9. The van der Waals surface area contributed by atoms with Crippen LogP contribution in [0.25, 0.3) is 0 Å². The molecular weight excluding hydrogens is 262 g/mol. The Morgan fingerprint density at radius 3 is 2.55 bits per heavy atom. The molecule has 0 fully saturated rings. The van der Waals surface area contributed by atoms with Crippen LogP contribution in [0.1, 0.15) is 24.0 Å². The summed E-state index contributed by atoms with van der Waals surface area (Å²) >= 11 is 0. The van der Waals surface area contributed by atoms with Gasteiger partial charge in [0.1, 0.15) is 11.8 Å². The van der Waals surface area contributed by atoms with E-state index in [1.807, 2.05) is 12.1 Å². The van der Waals surface area contributed by atoms with E-state index in [-0.39, 0.29) is 6.42 Å². The highest BCUT2D eigenvalue weighted by atomic mass is 16.5. The van der Waals surface area contributed by atoms with Gasteiger partial charge in [0, 0.05) is 6.42 Å². The Morgan fingerprint density at radius 1 is 1.20 bits per heavy atom. The first-order valence-electron chi connectivity index (χ1n) is 6.47. The molecule has 4 N–H and O–H groups in total. The molecule has 6 heteroatoms. The molecule has 108 valence electrons. The average molecular weight is 279 g/mol. The van der Waals surface area contributed by atoms with Gasteiger partial charge in [-0.3, -0.25) is 4.79 Å². The number of carboxylic acid groups (broad SMARTS) is 2. The molecule has 0 bridgehead atoms. The Hall–Kier alpha value is -2.08. The Labute approximate surface area is 116 Å². The van der Waals surface area contributed by atoms with Crippen LogP contribution in [0.5, 0.6) is 5.75 Å². The third-order valence-electron chi connectivity index (χ3n) is 3.41. The predicted molar refractivity (Wildman–Crippen MR) is 70.7 cm³/mol. The van der Waals surface area contributed by atoms with Crippen LogP contribution in [0, 0.1) is 0 Å². The molecule has 1 aliphatic rings. The highest BCUT2D eigenvalue weighted by Gasteiger charge is 2.26. The number of aryl methyl sites for hydroxylation is 2. The van der Waals surface area contributed by atoms with Crippen molar-refractivity contribution in [2.24, 2.45) is 5.73 Å². The molecular formula is C14H17NO5. The van der Waals surface area contributed by atoms with Crippen molar-refractivity contribution in [3.63, 3.8) is 0 Å². The number of carbonyl (C=O) groups is 2. The molecule has 2 rings (SSSR count). The van der Waals surface area contributed by atoms with Crippen molar-refractivity contribution in [3.05, 3.63) is 29.3 Å². The van der Waals surface area contributed by atoms with E-state index in [0.717, 1.165) is 24.8 Å². The molecule has 0 spiro atoms. The van der Waals surface area contributed by atoms with Crippen molar-refractivity contribution >= 4 is 11.9 Å². The van der Waals surface area contributed by atoms with Crippen LogP contribution in [-0.2, 0) is 22.4 Å². The van der Waals surface area contributed by atoms with Crippen LogP contribution >= 0.6 is 0 Å². The Morgan fingerprint density at radius 2 is 1.90 bits per heavy atom. The molecule has 0 radical (unpaired) electrons. The zero-order chi connectivity index (χ0) is 14.7. The van der Waals surface area contributed by atoms with Gasteiger partial charge in [0.25, 0.3) is 0 Å². The lowest BCUT2D eigenvalue weighted by atomic mass is 10.1. The Kier molecular flexibility index (Phi) is 4.24. The van der Waals surface area contributed by atoms with Gasteiger partial charge in [-0.05, 0) is 42.5 Å². The van der Waals surface area contributed by atoms with Crippen molar-refractivity contribution in [2.75, 3.05) is 0 Å². The van der Waals surface area contributed by atoms with Gasteiger partial charge in [-0.1, -0.05) is 6.07 Å². The SMILES string of the molecule is N[C@@H](CC(Oc1ccc2c(c1)CCC2)C(=O)O)C(=O)O. The van der Waals surface area contributed by atoms with Gasteiger partial charge in [0.15, 0.2) is 6.10 Å². The van der Waals surface area contributed by atoms with Gasteiger partial charge in [0.2, 0.25) is 0 Å². The topological polar surface area (TPSA) is 110 Å². The number of hydrogen-bond acceptors (Lipinski definition) is 4. The lowest BCUT2D eigenvalue weighted by Gasteiger charge is -2.17. The summed E-state index contributed by atoms with van der Waals surface area (Å²) in [6.07, 6.45) is 1.54. The summed E-state index contributed by atoms with van der Waals surface area (Å²) in [7, 11) is 0. The van der Waals surface area contributed by atoms with E-state index < -0.39 is 24.1 Å². The minimum Gasteiger partial charge on any atom is -0.480 e. The molecule has 0 heterocycles. The average Bonchev–Trinajstić information content (AvgIpc) is 2.84. The Balaban J connectivity index is 2.08. The quantitative estimate of drug-likeness (QED) is 0.710. The van der Waals surface area contributed by atoms with Crippen LogP contribution in [0.4, 0.5) is 0 Å². The van der Waals surface area contributed by atoms with Crippen molar-refractivity contribution < 1.29 is 24.5 Å². The van der Waals surface area contributed by atoms with Crippen LogP contribution in [0.3, 0.4) is 0 Å². The molecule has 1 aromatic rings. The highest BCUT2D eigenvalue weighted by Crippen LogP contribution is 2.26. The van der Waals surface area contributed by atoms with E-state index in [9.17, 15) is 9.59 Å². The van der Waals surface area contributed by atoms with Crippen LogP contribution in [0.15, 0.2) is 18.2 Å². The van der Waals surface area contributed by atoms with E-state index in [0.29, 0.717) is 5.75 Å². The summed E-state index contributed by atoms with van der Waals surface area (Å²) in [6, 6.07) is 4.20. The van der Waals surface area contributed by atoms with E-state index in [2.05, 4.69) is 0 Å². The molecule has 0 saturated heterocycles. The van der Waals surface area contributed by atoms with E-state index in [1.165, 1.54) is 5.56 Å². The fourth-order valence-electron chi connectivity index (χ4n) is 2.32. The number of carboxylic acids is 2. The van der Waals surface area contributed by atoms with Gasteiger partial charge < -0.3 is 20.7 Å². The summed E-state index contributed by atoms with van der Waals surface area (Å²) in [4.78, 5) is 21.8. The first kappa shape index (κ1) is 14.3. The summed E-state index contributed by atoms with van der Waals surface area (Å²) in [6.45, 7) is 0. The van der Waals surface area contributed by atoms with Gasteiger partial charge in [-0.2, -0.15) is 0 Å². The van der Waals surface area contributed by atoms with Crippen molar-refractivity contribution in [1.29, 1.82) is 0 Å². The van der Waals surface area contributed by atoms with Crippen LogP contribution < -0.4 is 10.5 Å². The minimum atomic E-state index is -1.26. The minimum absolute atomic E-state index is 0.276. The molecule has 0 saturated carbocycles. The first-order chi connectivity index (χ1) is 9.47. The van der Waals surface area contributed by atoms with Crippen molar-refractivity contribution in [3.8, 4) is 5.75 Å². The maximum atomic E-state index is 11.1. The number of fused-ring (bicyclic) bond motifs is 1. The van der Waals surface area contributed by atoms with Crippen LogP contribution in [0.2, 0.25) is 0 Å². The number of aliphatic carboxylic acids is 2. The monoisotopic (exact) mass is 279 g/mol. The molecule has 0 aliphatic heterocycles. The fourth-order valence-corrected chi connectivity index (χ4v) is 2.32. The molecule has 0 aromatic heterocycles. The lowest BCUT2D eigenvalue weighted by molar-refractivity contribution is -0.146.